The molecule has 4 nitrogen and oxygen atoms in total. The van der Waals surface area contributed by atoms with Crippen LogP contribution in [0, 0.1) is 0 Å². The van der Waals surface area contributed by atoms with Crippen molar-refractivity contribution < 1.29 is 13.2 Å². The van der Waals surface area contributed by atoms with Gasteiger partial charge in [0.1, 0.15) is 0 Å². The first-order valence-corrected chi connectivity index (χ1v) is 7.27. The van der Waals surface area contributed by atoms with Crippen molar-refractivity contribution in [2.24, 2.45) is 0 Å². The van der Waals surface area contributed by atoms with Crippen molar-refractivity contribution in [3.05, 3.63) is 0 Å². The molecule has 0 aliphatic heterocycles. The fraction of sp³-hybridized carbons (Fsp3) is 1.00. The number of hydrogen-bond acceptors (Lipinski definition) is 3. The van der Waals surface area contributed by atoms with Crippen molar-refractivity contribution in [2.45, 2.75) is 37.1 Å². The second kappa shape index (κ2) is 6.03. The van der Waals surface area contributed by atoms with Gasteiger partial charge in [0.2, 0.25) is 10.0 Å². The van der Waals surface area contributed by atoms with Gasteiger partial charge in [-0.05, 0) is 12.8 Å². The highest BCUT2D eigenvalue weighted by Gasteiger charge is 2.26. The van der Waals surface area contributed by atoms with Gasteiger partial charge in [-0.3, -0.25) is 0 Å². The summed E-state index contributed by atoms with van der Waals surface area (Å²) in [5.74, 6) is 0.00358. The molecule has 6 heteroatoms. The maximum Gasteiger partial charge on any atom is 0.214 e. The summed E-state index contributed by atoms with van der Waals surface area (Å²) in [6.07, 6.45) is 3.85. The number of sulfonamides is 1. The summed E-state index contributed by atoms with van der Waals surface area (Å²) in [6.45, 7) is 0.217. The fourth-order valence-electron chi connectivity index (χ4n) is 1.70. The van der Waals surface area contributed by atoms with Crippen LogP contribution in [0.4, 0.5) is 0 Å². The van der Waals surface area contributed by atoms with Crippen molar-refractivity contribution in [3.8, 4) is 0 Å². The Morgan fingerprint density at radius 1 is 1.40 bits per heavy atom. The molecule has 90 valence electrons. The topological polar surface area (TPSA) is 55.4 Å². The van der Waals surface area contributed by atoms with Crippen LogP contribution < -0.4 is 4.72 Å². The Labute approximate surface area is 96.4 Å². The summed E-state index contributed by atoms with van der Waals surface area (Å²) in [4.78, 5) is 0. The van der Waals surface area contributed by atoms with E-state index in [2.05, 4.69) is 4.72 Å². The van der Waals surface area contributed by atoms with E-state index < -0.39 is 10.0 Å². The van der Waals surface area contributed by atoms with E-state index in [0.717, 1.165) is 25.7 Å². The molecule has 15 heavy (non-hydrogen) atoms. The molecule has 0 heterocycles. The molecule has 1 N–H and O–H groups in total. The van der Waals surface area contributed by atoms with Crippen molar-refractivity contribution >= 4 is 21.6 Å². The minimum Gasteiger partial charge on any atom is -0.384 e. The summed E-state index contributed by atoms with van der Waals surface area (Å²) >= 11 is 6.06. The smallest absolute Gasteiger partial charge is 0.214 e. The number of methoxy groups -OCH3 is 1. The van der Waals surface area contributed by atoms with Gasteiger partial charge in [0.05, 0.1) is 12.4 Å². The van der Waals surface area contributed by atoms with Crippen LogP contribution in [0.15, 0.2) is 0 Å². The predicted molar refractivity (Wildman–Crippen MR) is 60.7 cm³/mol. The largest absolute Gasteiger partial charge is 0.384 e. The summed E-state index contributed by atoms with van der Waals surface area (Å²) in [5, 5.41) is -0.0731. The quantitative estimate of drug-likeness (QED) is 0.749. The molecule has 0 saturated heterocycles. The molecule has 1 aliphatic rings. The zero-order valence-electron chi connectivity index (χ0n) is 8.91. The van der Waals surface area contributed by atoms with Crippen LogP contribution >= 0.6 is 11.6 Å². The molecule has 1 fully saturated rings. The van der Waals surface area contributed by atoms with Gasteiger partial charge < -0.3 is 4.74 Å². The lowest BCUT2D eigenvalue weighted by molar-refractivity contribution is 0.216. The van der Waals surface area contributed by atoms with Gasteiger partial charge >= 0.3 is 0 Å². The lowest BCUT2D eigenvalue weighted by Gasteiger charge is -2.27. The predicted octanol–water partition coefficient (Wildman–Crippen LogP) is 1.10. The Balaban J connectivity index is 2.44. The number of hydrogen-bond donors (Lipinski definition) is 1. The van der Waals surface area contributed by atoms with Crippen LogP contribution in [0.5, 0.6) is 0 Å². The van der Waals surface area contributed by atoms with Crippen molar-refractivity contribution in [1.29, 1.82) is 0 Å². The second-order valence-electron chi connectivity index (χ2n) is 3.84. The van der Waals surface area contributed by atoms with Gasteiger partial charge in [0.25, 0.3) is 0 Å². The third-order valence-corrected chi connectivity index (χ3v) is 4.46. The Kier molecular flexibility index (Phi) is 5.32. The van der Waals surface area contributed by atoms with Crippen LogP contribution in [-0.4, -0.2) is 39.3 Å². The van der Waals surface area contributed by atoms with Gasteiger partial charge in [-0.15, -0.1) is 11.6 Å². The summed E-state index contributed by atoms with van der Waals surface area (Å²) < 4.78 is 30.5. The third kappa shape index (κ3) is 4.68. The third-order valence-electron chi connectivity index (χ3n) is 2.57. The highest BCUT2D eigenvalue weighted by molar-refractivity contribution is 7.89. The lowest BCUT2D eigenvalue weighted by Crippen LogP contribution is -2.44. The first-order valence-electron chi connectivity index (χ1n) is 5.18. The lowest BCUT2D eigenvalue weighted by atomic mass is 9.96. The van der Waals surface area contributed by atoms with Gasteiger partial charge in [0.15, 0.2) is 0 Å². The van der Waals surface area contributed by atoms with E-state index in [4.69, 9.17) is 16.3 Å². The molecular formula is C9H18ClNO3S. The maximum atomic E-state index is 11.6. The van der Waals surface area contributed by atoms with E-state index >= 15 is 0 Å². The Morgan fingerprint density at radius 2 is 2.07 bits per heavy atom. The number of ether oxygens (including phenoxy) is 1. The molecule has 0 bridgehead atoms. The molecule has 0 aromatic carbocycles. The van der Waals surface area contributed by atoms with E-state index in [1.165, 1.54) is 7.11 Å². The standard InChI is InChI=1S/C9H18ClNO3S/c1-14-6-7-15(12,13)11-9-5-3-2-4-8(9)10/h8-9,11H,2-7H2,1H3. The van der Waals surface area contributed by atoms with Crippen LogP contribution in [0.25, 0.3) is 0 Å². The van der Waals surface area contributed by atoms with Gasteiger partial charge in [-0.25, -0.2) is 13.1 Å². The molecule has 2 atom stereocenters. The summed E-state index contributed by atoms with van der Waals surface area (Å²) in [6, 6.07) is -0.109. The van der Waals surface area contributed by atoms with Crippen LogP contribution in [0.2, 0.25) is 0 Å². The molecular weight excluding hydrogens is 238 g/mol. The number of alkyl halides is 1. The minimum atomic E-state index is -3.24. The maximum absolute atomic E-state index is 11.6. The monoisotopic (exact) mass is 255 g/mol. The fourth-order valence-corrected chi connectivity index (χ4v) is 3.37. The molecule has 1 rings (SSSR count). The highest BCUT2D eigenvalue weighted by Crippen LogP contribution is 2.23. The molecule has 0 radical (unpaired) electrons. The van der Waals surface area contributed by atoms with Crippen molar-refractivity contribution in [3.63, 3.8) is 0 Å². The van der Waals surface area contributed by atoms with Crippen LogP contribution in [0.1, 0.15) is 25.7 Å². The number of nitrogens with one attached hydrogen (secondary N) is 1. The molecule has 2 unspecified atom stereocenters. The second-order valence-corrected chi connectivity index (χ2v) is 6.27. The van der Waals surface area contributed by atoms with Crippen LogP contribution in [0.3, 0.4) is 0 Å². The Bertz CT molecular complexity index is 281. The first-order chi connectivity index (χ1) is 7.05. The molecule has 0 aromatic heterocycles. The van der Waals surface area contributed by atoms with Crippen molar-refractivity contribution in [1.82, 2.24) is 4.72 Å². The molecule has 0 spiro atoms. The van der Waals surface area contributed by atoms with Gasteiger partial charge in [-0.2, -0.15) is 0 Å². The summed E-state index contributed by atoms with van der Waals surface area (Å²) in [5.41, 5.74) is 0. The zero-order chi connectivity index (χ0) is 11.3. The number of rotatable bonds is 5. The normalized spacial score (nSPS) is 27.9. The zero-order valence-corrected chi connectivity index (χ0v) is 10.5. The first kappa shape index (κ1) is 13.2. The van der Waals surface area contributed by atoms with E-state index in [-0.39, 0.29) is 23.8 Å². The van der Waals surface area contributed by atoms with Crippen LogP contribution in [-0.2, 0) is 14.8 Å². The molecule has 0 aromatic rings. The Morgan fingerprint density at radius 3 is 2.67 bits per heavy atom. The van der Waals surface area contributed by atoms with Gasteiger partial charge in [0, 0.05) is 18.5 Å². The Hall–Kier alpha value is 0.160. The van der Waals surface area contributed by atoms with Crippen molar-refractivity contribution in [2.75, 3.05) is 19.5 Å². The molecule has 1 aliphatic carbocycles. The van der Waals surface area contributed by atoms with Gasteiger partial charge in [-0.1, -0.05) is 12.8 Å². The van der Waals surface area contributed by atoms with E-state index in [1.54, 1.807) is 0 Å². The average Bonchev–Trinajstić information content (AvgIpc) is 2.18. The number of halogens is 1. The van der Waals surface area contributed by atoms with E-state index in [9.17, 15) is 8.42 Å². The summed E-state index contributed by atoms with van der Waals surface area (Å²) in [7, 11) is -1.75. The van der Waals surface area contributed by atoms with E-state index in [0.29, 0.717) is 0 Å². The average molecular weight is 256 g/mol. The minimum absolute atomic E-state index is 0.00358. The molecule has 0 amide bonds. The SMILES string of the molecule is COCCS(=O)(=O)NC1CCCCC1Cl. The molecule has 1 saturated carbocycles. The highest BCUT2D eigenvalue weighted by atomic mass is 35.5. The van der Waals surface area contributed by atoms with E-state index in [1.807, 2.05) is 0 Å².